The molecule has 9 heavy (non-hydrogen) atoms. The second kappa shape index (κ2) is 2.87. The van der Waals surface area contributed by atoms with Gasteiger partial charge in [0.1, 0.15) is 0 Å². The van der Waals surface area contributed by atoms with E-state index in [1.165, 1.54) is 25.7 Å². The Kier molecular flexibility index (Phi) is 2.33. The van der Waals surface area contributed by atoms with Crippen molar-refractivity contribution in [2.24, 2.45) is 0 Å². The van der Waals surface area contributed by atoms with Gasteiger partial charge in [-0.25, -0.2) is 0 Å². The first-order valence-corrected chi connectivity index (χ1v) is 7.62. The molecule has 1 saturated heterocycles. The molecule has 0 unspecified atom stereocenters. The van der Waals surface area contributed by atoms with E-state index in [-0.39, 0.29) is 0 Å². The summed E-state index contributed by atoms with van der Waals surface area (Å²) in [7, 11) is -0.641. The average molecular weight is 142 g/mol. The van der Waals surface area contributed by atoms with E-state index in [4.69, 9.17) is 0 Å². The Bertz CT molecular complexity index is 76.6. The highest BCUT2D eigenvalue weighted by atomic mass is 28.3. The molecule has 0 aromatic heterocycles. The molecular formula is C8H18Si. The van der Waals surface area contributed by atoms with E-state index in [0.717, 1.165) is 0 Å². The van der Waals surface area contributed by atoms with E-state index < -0.39 is 8.07 Å². The molecule has 1 heteroatoms. The van der Waals surface area contributed by atoms with Crippen molar-refractivity contribution in [1.29, 1.82) is 0 Å². The minimum absolute atomic E-state index is 0.641. The minimum Gasteiger partial charge on any atom is -0.0693 e. The zero-order valence-corrected chi connectivity index (χ0v) is 7.74. The molecule has 0 spiro atoms. The second-order valence-electron chi connectivity index (χ2n) is 4.08. The van der Waals surface area contributed by atoms with Crippen molar-refractivity contribution in [3.63, 3.8) is 0 Å². The van der Waals surface area contributed by atoms with Crippen LogP contribution >= 0.6 is 0 Å². The van der Waals surface area contributed by atoms with E-state index in [0.29, 0.717) is 0 Å². The van der Waals surface area contributed by atoms with Gasteiger partial charge in [-0.15, -0.1) is 0 Å². The quantitative estimate of drug-likeness (QED) is 0.455. The fraction of sp³-hybridized carbons (Fsp3) is 1.00. The van der Waals surface area contributed by atoms with Crippen molar-refractivity contribution in [2.75, 3.05) is 0 Å². The maximum Gasteiger partial charge on any atom is 0.0473 e. The molecule has 1 aliphatic heterocycles. The predicted octanol–water partition coefficient (Wildman–Crippen LogP) is 3.27. The lowest BCUT2D eigenvalue weighted by Gasteiger charge is -2.18. The van der Waals surface area contributed by atoms with Gasteiger partial charge in [0.05, 0.1) is 0 Å². The number of rotatable bonds is 0. The highest BCUT2D eigenvalue weighted by Crippen LogP contribution is 2.26. The third-order valence-corrected chi connectivity index (χ3v) is 5.87. The summed E-state index contributed by atoms with van der Waals surface area (Å²) < 4.78 is 0. The third-order valence-electron chi connectivity index (χ3n) is 2.46. The Morgan fingerprint density at radius 2 is 1.22 bits per heavy atom. The summed E-state index contributed by atoms with van der Waals surface area (Å²) in [4.78, 5) is 0. The van der Waals surface area contributed by atoms with Crippen molar-refractivity contribution >= 4 is 8.07 Å². The van der Waals surface area contributed by atoms with Crippen LogP contribution in [0.5, 0.6) is 0 Å². The molecule has 0 N–H and O–H groups in total. The molecule has 0 saturated carbocycles. The summed E-state index contributed by atoms with van der Waals surface area (Å²) in [5, 5.41) is 0. The highest BCUT2D eigenvalue weighted by molar-refractivity contribution is 6.77. The first-order valence-electron chi connectivity index (χ1n) is 4.21. The van der Waals surface area contributed by atoms with E-state index in [2.05, 4.69) is 13.1 Å². The fourth-order valence-corrected chi connectivity index (χ4v) is 4.35. The third kappa shape index (κ3) is 2.52. The lowest BCUT2D eigenvalue weighted by atomic mass is 10.2. The van der Waals surface area contributed by atoms with Crippen LogP contribution in [0.3, 0.4) is 0 Å². The van der Waals surface area contributed by atoms with Crippen molar-refractivity contribution in [2.45, 2.75) is 50.9 Å². The molecule has 0 aliphatic carbocycles. The first-order chi connectivity index (χ1) is 4.21. The van der Waals surface area contributed by atoms with Gasteiger partial charge in [-0.05, 0) is 0 Å². The van der Waals surface area contributed by atoms with Crippen LogP contribution in [0.2, 0.25) is 25.2 Å². The average Bonchev–Trinajstić information content (AvgIpc) is 1.92. The summed E-state index contributed by atoms with van der Waals surface area (Å²) in [5.41, 5.74) is 0. The van der Waals surface area contributed by atoms with Gasteiger partial charge in [-0.2, -0.15) is 0 Å². The van der Waals surface area contributed by atoms with Gasteiger partial charge in [0.2, 0.25) is 0 Å². The summed E-state index contributed by atoms with van der Waals surface area (Å²) in [6.07, 6.45) is 6.07. The van der Waals surface area contributed by atoms with Crippen LogP contribution in [0.4, 0.5) is 0 Å². The lowest BCUT2D eigenvalue weighted by Crippen LogP contribution is -2.22. The molecule has 1 heterocycles. The standard InChI is InChI=1S/C8H18Si/c1-9(2)7-5-3-4-6-8-9/h3-8H2,1-2H3. The molecule has 0 nitrogen and oxygen atoms in total. The normalized spacial score (nSPS) is 27.3. The molecule has 1 rings (SSSR count). The monoisotopic (exact) mass is 142 g/mol. The molecule has 0 amide bonds. The maximum absolute atomic E-state index is 2.54. The van der Waals surface area contributed by atoms with Gasteiger partial charge >= 0.3 is 0 Å². The van der Waals surface area contributed by atoms with Crippen LogP contribution < -0.4 is 0 Å². The molecular weight excluding hydrogens is 124 g/mol. The van der Waals surface area contributed by atoms with Crippen LogP contribution in [-0.2, 0) is 0 Å². The van der Waals surface area contributed by atoms with Gasteiger partial charge in [-0.3, -0.25) is 0 Å². The molecule has 0 aromatic rings. The lowest BCUT2D eigenvalue weighted by molar-refractivity contribution is 0.720. The Balaban J connectivity index is 2.36. The zero-order valence-electron chi connectivity index (χ0n) is 6.74. The first kappa shape index (κ1) is 7.33. The van der Waals surface area contributed by atoms with Gasteiger partial charge < -0.3 is 0 Å². The summed E-state index contributed by atoms with van der Waals surface area (Å²) >= 11 is 0. The minimum atomic E-state index is -0.641. The topological polar surface area (TPSA) is 0 Å². The molecule has 0 bridgehead atoms. The Morgan fingerprint density at radius 3 is 1.67 bits per heavy atom. The summed E-state index contributed by atoms with van der Waals surface area (Å²) in [6.45, 7) is 5.08. The summed E-state index contributed by atoms with van der Waals surface area (Å²) in [6, 6.07) is 3.18. The van der Waals surface area contributed by atoms with Gasteiger partial charge in [0.25, 0.3) is 0 Å². The molecule has 54 valence electrons. The van der Waals surface area contributed by atoms with Crippen molar-refractivity contribution in [3.8, 4) is 0 Å². The van der Waals surface area contributed by atoms with E-state index >= 15 is 0 Å². The van der Waals surface area contributed by atoms with Crippen LogP contribution in [0.15, 0.2) is 0 Å². The van der Waals surface area contributed by atoms with Gasteiger partial charge in [-0.1, -0.05) is 50.9 Å². The van der Waals surface area contributed by atoms with Gasteiger partial charge in [0, 0.05) is 8.07 Å². The molecule has 1 aliphatic rings. The SMILES string of the molecule is C[Si]1(C)CCCCCC1. The van der Waals surface area contributed by atoms with Crippen LogP contribution in [0, 0.1) is 0 Å². The molecule has 0 radical (unpaired) electrons. The van der Waals surface area contributed by atoms with E-state index in [1.54, 1.807) is 12.1 Å². The highest BCUT2D eigenvalue weighted by Gasteiger charge is 2.21. The molecule has 0 atom stereocenters. The van der Waals surface area contributed by atoms with Gasteiger partial charge in [0.15, 0.2) is 0 Å². The Morgan fingerprint density at radius 1 is 0.778 bits per heavy atom. The zero-order chi connectivity index (χ0) is 6.74. The Labute approximate surface area is 59.7 Å². The predicted molar refractivity (Wildman–Crippen MR) is 45.6 cm³/mol. The van der Waals surface area contributed by atoms with E-state index in [9.17, 15) is 0 Å². The van der Waals surface area contributed by atoms with Crippen LogP contribution in [0.1, 0.15) is 25.7 Å². The molecule has 1 fully saturated rings. The fourth-order valence-electron chi connectivity index (χ4n) is 1.69. The largest absolute Gasteiger partial charge is 0.0693 e. The van der Waals surface area contributed by atoms with Crippen molar-refractivity contribution in [3.05, 3.63) is 0 Å². The molecule has 0 aromatic carbocycles. The van der Waals surface area contributed by atoms with Crippen molar-refractivity contribution in [1.82, 2.24) is 0 Å². The number of hydrogen-bond acceptors (Lipinski definition) is 0. The smallest absolute Gasteiger partial charge is 0.0473 e. The van der Waals surface area contributed by atoms with Crippen molar-refractivity contribution < 1.29 is 0 Å². The number of hydrogen-bond donors (Lipinski definition) is 0. The van der Waals surface area contributed by atoms with Crippen LogP contribution in [-0.4, -0.2) is 8.07 Å². The Hall–Kier alpha value is 0.217. The maximum atomic E-state index is 2.54. The van der Waals surface area contributed by atoms with Crippen LogP contribution in [0.25, 0.3) is 0 Å². The second-order valence-corrected chi connectivity index (χ2v) is 9.41. The summed E-state index contributed by atoms with van der Waals surface area (Å²) in [5.74, 6) is 0. The van der Waals surface area contributed by atoms with E-state index in [1.807, 2.05) is 0 Å².